The van der Waals surface area contributed by atoms with E-state index in [4.69, 9.17) is 0 Å². The minimum absolute atomic E-state index is 0.347. The number of tetrazole rings is 1. The van der Waals surface area contributed by atoms with Gasteiger partial charge in [-0.3, -0.25) is 0 Å². The third-order valence-electron chi connectivity index (χ3n) is 1.16. The maximum Gasteiger partial charge on any atom is 0.179 e. The van der Waals surface area contributed by atoms with Gasteiger partial charge in [0.05, 0.1) is 6.20 Å². The number of rotatable bonds is 0. The van der Waals surface area contributed by atoms with Crippen molar-refractivity contribution in [2.75, 3.05) is 0 Å². The Hall–Kier alpha value is -1.52. The lowest BCUT2D eigenvalue weighted by atomic mass is 10.5. The zero-order valence-corrected chi connectivity index (χ0v) is 4.90. The molecule has 0 aromatic carbocycles. The molecule has 0 saturated heterocycles. The van der Waals surface area contributed by atoms with Gasteiger partial charge in [0, 0.05) is 0 Å². The van der Waals surface area contributed by atoms with Gasteiger partial charge in [-0.15, -0.1) is 5.10 Å². The lowest BCUT2D eigenvalue weighted by Gasteiger charge is -1.86. The van der Waals surface area contributed by atoms with E-state index in [1.54, 1.807) is 0 Å². The Bertz CT molecular complexity index is 355. The summed E-state index contributed by atoms with van der Waals surface area (Å²) in [5, 5.41) is 10.4. The number of hydrogen-bond donors (Lipinski definition) is 0. The molecule has 0 spiro atoms. The highest BCUT2D eigenvalue weighted by Gasteiger charge is 1.95. The first-order valence-corrected chi connectivity index (χ1v) is 2.69. The van der Waals surface area contributed by atoms with E-state index >= 15 is 0 Å². The predicted molar refractivity (Wildman–Crippen MR) is 30.7 cm³/mol. The van der Waals surface area contributed by atoms with Crippen LogP contribution in [0.15, 0.2) is 18.3 Å². The Balaban J connectivity index is 2.86. The number of fused-ring (bicyclic) bond motifs is 1. The maximum absolute atomic E-state index is 12.4. The van der Waals surface area contributed by atoms with Gasteiger partial charge in [0.2, 0.25) is 0 Å². The average Bonchev–Trinajstić information content (AvgIpc) is 2.33. The van der Waals surface area contributed by atoms with Gasteiger partial charge in [-0.05, 0) is 22.6 Å². The predicted octanol–water partition coefficient (Wildman–Crippen LogP) is 0.263. The van der Waals surface area contributed by atoms with Crippen molar-refractivity contribution in [3.8, 4) is 0 Å². The fraction of sp³-hybridized carbons (Fsp3) is 0. The molecule has 2 rings (SSSR count). The molecule has 0 aliphatic heterocycles. The molecule has 0 saturated carbocycles. The third kappa shape index (κ3) is 0.637. The Kier molecular flexibility index (Phi) is 0.913. The van der Waals surface area contributed by atoms with E-state index in [1.807, 2.05) is 0 Å². The summed E-state index contributed by atoms with van der Waals surface area (Å²) in [6, 6.07) is 2.82. The second kappa shape index (κ2) is 1.73. The average molecular weight is 138 g/mol. The van der Waals surface area contributed by atoms with Gasteiger partial charge in [0.25, 0.3) is 0 Å². The summed E-state index contributed by atoms with van der Waals surface area (Å²) in [5.74, 6) is -0.347. The SMILES string of the molecule is Fc1ccc2nnnn2c1. The van der Waals surface area contributed by atoms with Crippen molar-refractivity contribution < 1.29 is 4.39 Å². The fourth-order valence-electron chi connectivity index (χ4n) is 0.716. The van der Waals surface area contributed by atoms with Crippen molar-refractivity contribution in [2.24, 2.45) is 0 Å². The standard InChI is InChI=1S/C5H3FN4/c6-4-1-2-5-7-8-9-10(5)3-4/h1-3H. The molecule has 2 aromatic rings. The summed E-state index contributed by atoms with van der Waals surface area (Å²) in [4.78, 5) is 0. The molecular formula is C5H3FN4. The summed E-state index contributed by atoms with van der Waals surface area (Å²) in [5.41, 5.74) is 0.543. The smallest absolute Gasteiger partial charge is 0.179 e. The number of nitrogens with zero attached hydrogens (tertiary/aromatic N) is 4. The molecule has 0 aliphatic carbocycles. The first-order valence-electron chi connectivity index (χ1n) is 2.69. The van der Waals surface area contributed by atoms with Gasteiger partial charge in [-0.1, -0.05) is 0 Å². The van der Waals surface area contributed by atoms with Crippen LogP contribution in [-0.2, 0) is 0 Å². The number of halogens is 1. The van der Waals surface area contributed by atoms with Crippen LogP contribution in [-0.4, -0.2) is 20.0 Å². The second-order valence-electron chi connectivity index (χ2n) is 1.83. The quantitative estimate of drug-likeness (QED) is 0.524. The maximum atomic E-state index is 12.4. The monoisotopic (exact) mass is 138 g/mol. The van der Waals surface area contributed by atoms with Crippen molar-refractivity contribution >= 4 is 5.65 Å². The fourth-order valence-corrected chi connectivity index (χ4v) is 0.716. The molecule has 0 unspecified atom stereocenters. The van der Waals surface area contributed by atoms with Crippen molar-refractivity contribution in [1.29, 1.82) is 0 Å². The van der Waals surface area contributed by atoms with Crippen LogP contribution in [0, 0.1) is 5.82 Å². The molecule has 0 aliphatic rings. The van der Waals surface area contributed by atoms with E-state index in [0.717, 1.165) is 0 Å². The van der Waals surface area contributed by atoms with Crippen molar-refractivity contribution in [3.05, 3.63) is 24.1 Å². The van der Waals surface area contributed by atoms with E-state index in [0.29, 0.717) is 5.65 Å². The highest BCUT2D eigenvalue weighted by molar-refractivity contribution is 5.33. The molecule has 10 heavy (non-hydrogen) atoms. The number of aromatic nitrogens is 4. The molecule has 0 atom stereocenters. The first-order chi connectivity index (χ1) is 4.86. The first kappa shape index (κ1) is 5.28. The molecule has 4 nitrogen and oxygen atoms in total. The van der Waals surface area contributed by atoms with E-state index in [-0.39, 0.29) is 5.82 Å². The molecule has 0 N–H and O–H groups in total. The van der Waals surface area contributed by atoms with Gasteiger partial charge in [0.1, 0.15) is 5.82 Å². The molecule has 2 heterocycles. The molecule has 0 fully saturated rings. The van der Waals surface area contributed by atoms with Gasteiger partial charge >= 0.3 is 0 Å². The minimum Gasteiger partial charge on any atom is -0.205 e. The van der Waals surface area contributed by atoms with Gasteiger partial charge in [-0.2, -0.15) is 4.52 Å². The Labute approximate surface area is 55.3 Å². The Morgan fingerprint density at radius 1 is 1.40 bits per heavy atom. The van der Waals surface area contributed by atoms with E-state index in [1.165, 1.54) is 22.8 Å². The molecule has 5 heteroatoms. The second-order valence-corrected chi connectivity index (χ2v) is 1.83. The Morgan fingerprint density at radius 2 is 2.30 bits per heavy atom. The van der Waals surface area contributed by atoms with E-state index < -0.39 is 0 Å². The largest absolute Gasteiger partial charge is 0.205 e. The zero-order chi connectivity index (χ0) is 6.97. The van der Waals surface area contributed by atoms with Crippen LogP contribution in [0.2, 0.25) is 0 Å². The summed E-state index contributed by atoms with van der Waals surface area (Å²) < 4.78 is 13.7. The van der Waals surface area contributed by atoms with Crippen LogP contribution in [0.3, 0.4) is 0 Å². The summed E-state index contributed by atoms with van der Waals surface area (Å²) >= 11 is 0. The van der Waals surface area contributed by atoms with Crippen LogP contribution >= 0.6 is 0 Å². The molecule has 2 aromatic heterocycles. The minimum atomic E-state index is -0.347. The van der Waals surface area contributed by atoms with Crippen molar-refractivity contribution in [3.63, 3.8) is 0 Å². The Morgan fingerprint density at radius 3 is 3.20 bits per heavy atom. The molecule has 0 radical (unpaired) electrons. The zero-order valence-electron chi connectivity index (χ0n) is 4.90. The highest BCUT2D eigenvalue weighted by atomic mass is 19.1. The van der Waals surface area contributed by atoms with Crippen LogP contribution in [0.4, 0.5) is 4.39 Å². The normalized spacial score (nSPS) is 10.5. The van der Waals surface area contributed by atoms with Crippen LogP contribution < -0.4 is 0 Å². The number of hydrogen-bond acceptors (Lipinski definition) is 3. The van der Waals surface area contributed by atoms with Crippen LogP contribution in [0.5, 0.6) is 0 Å². The lowest BCUT2D eigenvalue weighted by Crippen LogP contribution is -1.87. The van der Waals surface area contributed by atoms with Crippen LogP contribution in [0.1, 0.15) is 0 Å². The van der Waals surface area contributed by atoms with Crippen molar-refractivity contribution in [2.45, 2.75) is 0 Å². The third-order valence-corrected chi connectivity index (χ3v) is 1.16. The molecule has 0 amide bonds. The molecular weight excluding hydrogens is 135 g/mol. The summed E-state index contributed by atoms with van der Waals surface area (Å²) in [7, 11) is 0. The van der Waals surface area contributed by atoms with E-state index in [9.17, 15) is 4.39 Å². The lowest BCUT2D eigenvalue weighted by molar-refractivity contribution is 0.612. The molecule has 0 bridgehead atoms. The van der Waals surface area contributed by atoms with E-state index in [2.05, 4.69) is 15.5 Å². The van der Waals surface area contributed by atoms with Gasteiger partial charge in [-0.25, -0.2) is 4.39 Å². The molecule has 50 valence electrons. The topological polar surface area (TPSA) is 43.1 Å². The van der Waals surface area contributed by atoms with Crippen molar-refractivity contribution in [1.82, 2.24) is 20.0 Å². The number of pyridine rings is 1. The summed E-state index contributed by atoms with van der Waals surface area (Å²) in [6.07, 6.45) is 1.22. The van der Waals surface area contributed by atoms with Crippen LogP contribution in [0.25, 0.3) is 5.65 Å². The summed E-state index contributed by atoms with van der Waals surface area (Å²) in [6.45, 7) is 0. The van der Waals surface area contributed by atoms with Gasteiger partial charge in [0.15, 0.2) is 5.65 Å². The highest BCUT2D eigenvalue weighted by Crippen LogP contribution is 1.98. The van der Waals surface area contributed by atoms with Gasteiger partial charge < -0.3 is 0 Å².